The van der Waals surface area contributed by atoms with E-state index in [1.807, 2.05) is 6.20 Å². The van der Waals surface area contributed by atoms with E-state index in [0.29, 0.717) is 0 Å². The first-order chi connectivity index (χ1) is 8.81. The van der Waals surface area contributed by atoms with Gasteiger partial charge in [0, 0.05) is 12.1 Å². The van der Waals surface area contributed by atoms with Crippen molar-refractivity contribution < 1.29 is 4.79 Å². The molecule has 0 aliphatic heterocycles. The lowest BCUT2D eigenvalue weighted by atomic mass is 9.96. The largest absolute Gasteiger partial charge is 0.276 e. The highest BCUT2D eigenvalue weighted by molar-refractivity contribution is 5.81. The maximum atomic E-state index is 12.4. The van der Waals surface area contributed by atoms with E-state index in [4.69, 9.17) is 0 Å². The van der Waals surface area contributed by atoms with E-state index >= 15 is 0 Å². The van der Waals surface area contributed by atoms with Gasteiger partial charge in [0.2, 0.25) is 5.91 Å². The van der Waals surface area contributed by atoms with Crippen LogP contribution in [0.5, 0.6) is 0 Å². The van der Waals surface area contributed by atoms with E-state index in [1.165, 1.54) is 38.5 Å². The molecule has 2 rings (SSSR count). The molecule has 3 heteroatoms. The van der Waals surface area contributed by atoms with Gasteiger partial charge in [-0.15, -0.1) is 0 Å². The number of hydrogen-bond donors (Lipinski definition) is 0. The summed E-state index contributed by atoms with van der Waals surface area (Å²) >= 11 is 0. The molecular weight excluding hydrogens is 224 g/mol. The lowest BCUT2D eigenvalue weighted by Crippen LogP contribution is -2.20. The van der Waals surface area contributed by atoms with E-state index in [9.17, 15) is 4.79 Å². The van der Waals surface area contributed by atoms with Gasteiger partial charge in [-0.1, -0.05) is 45.4 Å². The Hall–Kier alpha value is -1.12. The molecule has 1 saturated carbocycles. The average Bonchev–Trinajstić information content (AvgIpc) is 2.91. The van der Waals surface area contributed by atoms with Crippen LogP contribution in [-0.4, -0.2) is 15.5 Å². The molecular formula is C15H24N2O. The Kier molecular flexibility index (Phi) is 4.97. The SMILES string of the molecule is CCc1cn(C(=O)C2CCCCCCCC2)cn1. The van der Waals surface area contributed by atoms with Crippen LogP contribution >= 0.6 is 0 Å². The van der Waals surface area contributed by atoms with Crippen molar-refractivity contribution in [3.05, 3.63) is 18.2 Å². The van der Waals surface area contributed by atoms with E-state index in [0.717, 1.165) is 25.0 Å². The highest BCUT2D eigenvalue weighted by Crippen LogP contribution is 2.23. The molecule has 0 unspecified atom stereocenters. The molecule has 3 nitrogen and oxygen atoms in total. The summed E-state index contributed by atoms with van der Waals surface area (Å²) in [7, 11) is 0. The molecule has 1 aliphatic carbocycles. The smallest absolute Gasteiger partial charge is 0.234 e. The van der Waals surface area contributed by atoms with E-state index in [1.54, 1.807) is 10.9 Å². The summed E-state index contributed by atoms with van der Waals surface area (Å²) in [5.41, 5.74) is 1.01. The fourth-order valence-electron chi connectivity index (χ4n) is 2.76. The summed E-state index contributed by atoms with van der Waals surface area (Å²) < 4.78 is 1.71. The maximum Gasteiger partial charge on any atom is 0.234 e. The van der Waals surface area contributed by atoms with Crippen LogP contribution in [0.2, 0.25) is 0 Å². The normalized spacial score (nSPS) is 18.9. The summed E-state index contributed by atoms with van der Waals surface area (Å²) in [5, 5.41) is 0. The van der Waals surface area contributed by atoms with Crippen molar-refractivity contribution in [1.29, 1.82) is 0 Å². The monoisotopic (exact) mass is 248 g/mol. The van der Waals surface area contributed by atoms with Crippen LogP contribution in [-0.2, 0) is 6.42 Å². The van der Waals surface area contributed by atoms with Crippen molar-refractivity contribution in [2.45, 2.75) is 64.7 Å². The number of aryl methyl sites for hydroxylation is 1. The van der Waals surface area contributed by atoms with E-state index in [2.05, 4.69) is 11.9 Å². The van der Waals surface area contributed by atoms with Gasteiger partial charge in [-0.3, -0.25) is 9.36 Å². The summed E-state index contributed by atoms with van der Waals surface area (Å²) in [4.78, 5) is 16.7. The molecule has 100 valence electrons. The minimum absolute atomic E-state index is 0.210. The third-order valence-corrected chi connectivity index (χ3v) is 3.96. The van der Waals surface area contributed by atoms with Crippen molar-refractivity contribution in [1.82, 2.24) is 9.55 Å². The average molecular weight is 248 g/mol. The zero-order chi connectivity index (χ0) is 12.8. The van der Waals surface area contributed by atoms with Gasteiger partial charge in [0.25, 0.3) is 0 Å². The molecule has 1 aromatic heterocycles. The zero-order valence-corrected chi connectivity index (χ0v) is 11.4. The summed E-state index contributed by atoms with van der Waals surface area (Å²) in [6.45, 7) is 2.07. The standard InChI is InChI=1S/C15H24N2O/c1-2-14-11-17(12-16-14)15(18)13-9-7-5-3-4-6-8-10-13/h11-13H,2-10H2,1H3. The first-order valence-electron chi connectivity index (χ1n) is 7.38. The van der Waals surface area contributed by atoms with E-state index in [-0.39, 0.29) is 11.8 Å². The van der Waals surface area contributed by atoms with Gasteiger partial charge in [0.1, 0.15) is 6.33 Å². The van der Waals surface area contributed by atoms with Crippen molar-refractivity contribution >= 4 is 5.91 Å². The minimum Gasteiger partial charge on any atom is -0.276 e. The highest BCUT2D eigenvalue weighted by Gasteiger charge is 2.20. The van der Waals surface area contributed by atoms with Crippen molar-refractivity contribution in [2.24, 2.45) is 5.92 Å². The number of hydrogen-bond acceptors (Lipinski definition) is 2. The summed E-state index contributed by atoms with van der Waals surface area (Å²) in [6.07, 6.45) is 14.2. The lowest BCUT2D eigenvalue weighted by molar-refractivity contribution is 0.0816. The molecule has 0 amide bonds. The van der Waals surface area contributed by atoms with Crippen LogP contribution in [0, 0.1) is 5.92 Å². The number of rotatable bonds is 2. The second-order valence-corrected chi connectivity index (χ2v) is 5.36. The fraction of sp³-hybridized carbons (Fsp3) is 0.733. The van der Waals surface area contributed by atoms with Gasteiger partial charge >= 0.3 is 0 Å². The van der Waals surface area contributed by atoms with Gasteiger partial charge < -0.3 is 0 Å². The third kappa shape index (κ3) is 3.44. The van der Waals surface area contributed by atoms with Crippen LogP contribution in [0.3, 0.4) is 0 Å². The number of carbonyl (C=O) groups is 1. The predicted molar refractivity (Wildman–Crippen MR) is 72.7 cm³/mol. The van der Waals surface area contributed by atoms with Gasteiger partial charge in [-0.2, -0.15) is 0 Å². The fourth-order valence-corrected chi connectivity index (χ4v) is 2.76. The highest BCUT2D eigenvalue weighted by atomic mass is 16.2. The van der Waals surface area contributed by atoms with E-state index < -0.39 is 0 Å². The molecule has 0 saturated heterocycles. The van der Waals surface area contributed by atoms with Gasteiger partial charge in [-0.25, -0.2) is 4.98 Å². The van der Waals surface area contributed by atoms with Crippen LogP contribution in [0.15, 0.2) is 12.5 Å². The molecule has 1 fully saturated rings. The van der Waals surface area contributed by atoms with Crippen molar-refractivity contribution in [2.75, 3.05) is 0 Å². The van der Waals surface area contributed by atoms with Gasteiger partial charge in [-0.05, 0) is 19.3 Å². The second-order valence-electron chi connectivity index (χ2n) is 5.36. The Balaban J connectivity index is 2.00. The summed E-state index contributed by atoms with van der Waals surface area (Å²) in [5.74, 6) is 0.464. The maximum absolute atomic E-state index is 12.4. The van der Waals surface area contributed by atoms with Gasteiger partial charge in [0.05, 0.1) is 5.69 Å². The Bertz CT molecular complexity index is 374. The topological polar surface area (TPSA) is 34.9 Å². The molecule has 1 aromatic rings. The number of imidazole rings is 1. The first-order valence-corrected chi connectivity index (χ1v) is 7.38. The predicted octanol–water partition coefficient (Wildman–Crippen LogP) is 3.84. The molecule has 18 heavy (non-hydrogen) atoms. The first kappa shape index (κ1) is 13.3. The molecule has 1 heterocycles. The molecule has 1 aliphatic rings. The van der Waals surface area contributed by atoms with Crippen LogP contribution < -0.4 is 0 Å². The zero-order valence-electron chi connectivity index (χ0n) is 11.4. The summed E-state index contributed by atoms with van der Waals surface area (Å²) in [6, 6.07) is 0. The van der Waals surface area contributed by atoms with Crippen LogP contribution in [0.1, 0.15) is 68.8 Å². The van der Waals surface area contributed by atoms with Crippen LogP contribution in [0.4, 0.5) is 0 Å². The van der Waals surface area contributed by atoms with Crippen LogP contribution in [0.25, 0.3) is 0 Å². The molecule has 0 radical (unpaired) electrons. The van der Waals surface area contributed by atoms with Crippen molar-refractivity contribution in [3.63, 3.8) is 0 Å². The third-order valence-electron chi connectivity index (χ3n) is 3.96. The molecule has 0 aromatic carbocycles. The lowest BCUT2D eigenvalue weighted by Gasteiger charge is -2.14. The molecule has 0 bridgehead atoms. The molecule has 0 atom stereocenters. The Labute approximate surface area is 110 Å². The van der Waals surface area contributed by atoms with Crippen molar-refractivity contribution in [3.8, 4) is 0 Å². The van der Waals surface area contributed by atoms with Gasteiger partial charge in [0.15, 0.2) is 0 Å². The number of carbonyl (C=O) groups excluding carboxylic acids is 1. The quantitative estimate of drug-likeness (QED) is 0.797. The Morgan fingerprint density at radius 2 is 1.83 bits per heavy atom. The second kappa shape index (κ2) is 6.72. The Morgan fingerprint density at radius 3 is 2.39 bits per heavy atom. The minimum atomic E-state index is 0.210. The number of nitrogens with zero attached hydrogens (tertiary/aromatic N) is 2. The molecule has 0 N–H and O–H groups in total. The molecule has 0 spiro atoms. The Morgan fingerprint density at radius 1 is 1.22 bits per heavy atom. The number of aromatic nitrogens is 2.